The van der Waals surface area contributed by atoms with E-state index in [1.165, 1.54) is 16.9 Å². The fourth-order valence-electron chi connectivity index (χ4n) is 2.43. The van der Waals surface area contributed by atoms with Gasteiger partial charge in [-0.25, -0.2) is 4.79 Å². The number of thiophene rings is 1. The van der Waals surface area contributed by atoms with Gasteiger partial charge in [0.2, 0.25) is 0 Å². The summed E-state index contributed by atoms with van der Waals surface area (Å²) in [7, 11) is 0. The van der Waals surface area contributed by atoms with Crippen LogP contribution in [0.3, 0.4) is 0 Å². The van der Waals surface area contributed by atoms with Crippen LogP contribution in [0.4, 0.5) is 0 Å². The predicted molar refractivity (Wildman–Crippen MR) is 105 cm³/mol. The van der Waals surface area contributed by atoms with E-state index in [9.17, 15) is 4.79 Å². The topological polar surface area (TPSA) is 26.3 Å². The van der Waals surface area contributed by atoms with Crippen molar-refractivity contribution in [3.8, 4) is 5.75 Å². The Morgan fingerprint density at radius 2 is 2.04 bits per heavy atom. The molecule has 1 atom stereocenters. The molecule has 0 bridgehead atoms. The average molecular weight is 424 g/mol. The molecule has 1 aromatic heterocycles. The van der Waals surface area contributed by atoms with E-state index in [2.05, 4.69) is 29.8 Å². The minimum atomic E-state index is -0.432. The Bertz CT molecular complexity index is 904. The van der Waals surface area contributed by atoms with Crippen molar-refractivity contribution >= 4 is 54.9 Å². The third-order valence-electron chi connectivity index (χ3n) is 4.06. The molecule has 0 spiro atoms. The number of rotatable bonds is 4. The van der Waals surface area contributed by atoms with Crippen molar-refractivity contribution in [2.75, 3.05) is 0 Å². The van der Waals surface area contributed by atoms with E-state index in [0.717, 1.165) is 21.0 Å². The van der Waals surface area contributed by atoms with Crippen molar-refractivity contribution in [1.29, 1.82) is 0 Å². The predicted octanol–water partition coefficient (Wildman–Crippen LogP) is 7.05. The number of halogens is 2. The van der Waals surface area contributed by atoms with Crippen molar-refractivity contribution < 1.29 is 9.53 Å². The van der Waals surface area contributed by atoms with E-state index in [-0.39, 0.29) is 0 Å². The van der Waals surface area contributed by atoms with Crippen LogP contribution >= 0.6 is 38.9 Å². The SMILES string of the molecule is CCC(C)c1ccc(OC(=O)c2sc3ccccc3c2Cl)c(Br)c1. The lowest BCUT2D eigenvalue weighted by molar-refractivity contribution is 0.0739. The van der Waals surface area contributed by atoms with Crippen LogP contribution in [0, 0.1) is 0 Å². The van der Waals surface area contributed by atoms with Gasteiger partial charge in [-0.1, -0.05) is 49.7 Å². The summed E-state index contributed by atoms with van der Waals surface area (Å²) < 4.78 is 7.29. The summed E-state index contributed by atoms with van der Waals surface area (Å²) in [5.41, 5.74) is 1.21. The second kappa shape index (κ2) is 7.26. The maximum absolute atomic E-state index is 12.5. The fourth-order valence-corrected chi connectivity index (χ4v) is 4.30. The van der Waals surface area contributed by atoms with Crippen LogP contribution in [0.2, 0.25) is 5.02 Å². The first kappa shape index (κ1) is 17.5. The first-order chi connectivity index (χ1) is 11.5. The van der Waals surface area contributed by atoms with Gasteiger partial charge in [0.15, 0.2) is 0 Å². The number of carbonyl (C=O) groups excluding carboxylic acids is 1. The Hall–Kier alpha value is -1.36. The zero-order valence-electron chi connectivity index (χ0n) is 13.3. The Morgan fingerprint density at radius 1 is 1.29 bits per heavy atom. The normalized spacial score (nSPS) is 12.3. The van der Waals surface area contributed by atoms with Gasteiger partial charge in [-0.05, 0) is 52.0 Å². The Morgan fingerprint density at radius 3 is 2.71 bits per heavy atom. The molecule has 2 aromatic carbocycles. The smallest absolute Gasteiger partial charge is 0.355 e. The van der Waals surface area contributed by atoms with Crippen LogP contribution in [-0.2, 0) is 0 Å². The molecule has 0 aliphatic rings. The Balaban J connectivity index is 1.87. The number of carbonyl (C=O) groups is 1. The molecule has 124 valence electrons. The lowest BCUT2D eigenvalue weighted by Crippen LogP contribution is -2.07. The molecule has 0 saturated carbocycles. The molecule has 0 aliphatic heterocycles. The van der Waals surface area contributed by atoms with Gasteiger partial charge in [-0.2, -0.15) is 0 Å². The van der Waals surface area contributed by atoms with Crippen LogP contribution in [0.25, 0.3) is 10.1 Å². The highest BCUT2D eigenvalue weighted by atomic mass is 79.9. The molecular formula is C19H16BrClO2S. The fraction of sp³-hybridized carbons (Fsp3) is 0.211. The van der Waals surface area contributed by atoms with Crippen molar-refractivity contribution in [1.82, 2.24) is 0 Å². The molecule has 24 heavy (non-hydrogen) atoms. The van der Waals surface area contributed by atoms with Crippen molar-refractivity contribution in [3.05, 3.63) is 62.4 Å². The number of hydrogen-bond donors (Lipinski definition) is 0. The monoisotopic (exact) mass is 422 g/mol. The van der Waals surface area contributed by atoms with Crippen LogP contribution < -0.4 is 4.74 Å². The second-order valence-corrected chi connectivity index (χ2v) is 7.91. The van der Waals surface area contributed by atoms with Crippen molar-refractivity contribution in [2.45, 2.75) is 26.2 Å². The molecule has 0 fully saturated rings. The number of hydrogen-bond acceptors (Lipinski definition) is 3. The van der Waals surface area contributed by atoms with Gasteiger partial charge in [-0.3, -0.25) is 0 Å². The van der Waals surface area contributed by atoms with Crippen LogP contribution in [0.5, 0.6) is 5.75 Å². The molecular weight excluding hydrogens is 408 g/mol. The summed E-state index contributed by atoms with van der Waals surface area (Å²) in [6.45, 7) is 4.32. The number of fused-ring (bicyclic) bond motifs is 1. The van der Waals surface area contributed by atoms with Gasteiger partial charge >= 0.3 is 5.97 Å². The highest BCUT2D eigenvalue weighted by Crippen LogP contribution is 2.37. The lowest BCUT2D eigenvalue weighted by atomic mass is 9.99. The third-order valence-corrected chi connectivity index (χ3v) is 6.34. The van der Waals surface area contributed by atoms with Crippen LogP contribution in [-0.4, -0.2) is 5.97 Å². The van der Waals surface area contributed by atoms with Gasteiger partial charge < -0.3 is 4.74 Å². The molecule has 5 heteroatoms. The maximum atomic E-state index is 12.5. The third kappa shape index (κ3) is 3.37. The molecule has 1 heterocycles. The summed E-state index contributed by atoms with van der Waals surface area (Å²) in [6, 6.07) is 13.5. The minimum Gasteiger partial charge on any atom is -0.421 e. The van der Waals surface area contributed by atoms with E-state index in [4.69, 9.17) is 16.3 Å². The average Bonchev–Trinajstić information content (AvgIpc) is 2.93. The van der Waals surface area contributed by atoms with E-state index in [1.54, 1.807) is 0 Å². The van der Waals surface area contributed by atoms with E-state index in [0.29, 0.717) is 21.6 Å². The summed E-state index contributed by atoms with van der Waals surface area (Å²) >= 11 is 11.2. The first-order valence-electron chi connectivity index (χ1n) is 7.70. The molecule has 0 amide bonds. The number of esters is 1. The Labute approximate surface area is 158 Å². The van der Waals surface area contributed by atoms with Gasteiger partial charge in [0.25, 0.3) is 0 Å². The van der Waals surface area contributed by atoms with E-state index < -0.39 is 5.97 Å². The van der Waals surface area contributed by atoms with Crippen LogP contribution in [0.1, 0.15) is 41.4 Å². The van der Waals surface area contributed by atoms with Crippen molar-refractivity contribution in [3.63, 3.8) is 0 Å². The molecule has 3 rings (SSSR count). The largest absolute Gasteiger partial charge is 0.421 e. The van der Waals surface area contributed by atoms with Gasteiger partial charge in [-0.15, -0.1) is 11.3 Å². The molecule has 0 radical (unpaired) electrons. The van der Waals surface area contributed by atoms with Crippen LogP contribution in [0.15, 0.2) is 46.9 Å². The van der Waals surface area contributed by atoms with E-state index >= 15 is 0 Å². The molecule has 0 N–H and O–H groups in total. The molecule has 0 aliphatic carbocycles. The number of ether oxygens (including phenoxy) is 1. The lowest BCUT2D eigenvalue weighted by Gasteiger charge is -2.12. The van der Waals surface area contributed by atoms with Crippen molar-refractivity contribution in [2.24, 2.45) is 0 Å². The van der Waals surface area contributed by atoms with Gasteiger partial charge in [0.1, 0.15) is 10.6 Å². The molecule has 2 nitrogen and oxygen atoms in total. The highest BCUT2D eigenvalue weighted by Gasteiger charge is 2.20. The second-order valence-electron chi connectivity index (χ2n) is 5.63. The van der Waals surface area contributed by atoms with Gasteiger partial charge in [0.05, 0.1) is 9.50 Å². The summed E-state index contributed by atoms with van der Waals surface area (Å²) in [5, 5.41) is 1.33. The number of benzene rings is 2. The maximum Gasteiger partial charge on any atom is 0.355 e. The molecule has 0 saturated heterocycles. The highest BCUT2D eigenvalue weighted by molar-refractivity contribution is 9.10. The zero-order valence-corrected chi connectivity index (χ0v) is 16.5. The summed E-state index contributed by atoms with van der Waals surface area (Å²) in [4.78, 5) is 12.9. The molecule has 3 aromatic rings. The first-order valence-corrected chi connectivity index (χ1v) is 9.68. The standard InChI is InChI=1S/C19H16BrClO2S/c1-3-11(2)12-8-9-15(14(20)10-12)23-19(22)18-17(21)13-6-4-5-7-16(13)24-18/h4-11H,3H2,1-2H3. The minimum absolute atomic E-state index is 0.427. The quantitative estimate of drug-likeness (QED) is 0.332. The zero-order chi connectivity index (χ0) is 17.3. The Kier molecular flexibility index (Phi) is 5.28. The molecule has 1 unspecified atom stereocenters. The van der Waals surface area contributed by atoms with Gasteiger partial charge in [0, 0.05) is 10.1 Å². The van der Waals surface area contributed by atoms with E-state index in [1.807, 2.05) is 42.5 Å². The summed E-state index contributed by atoms with van der Waals surface area (Å²) in [5.74, 6) is 0.529. The summed E-state index contributed by atoms with van der Waals surface area (Å²) in [6.07, 6.45) is 1.06.